The van der Waals surface area contributed by atoms with Crippen LogP contribution in [0.3, 0.4) is 0 Å². The quantitative estimate of drug-likeness (QED) is 0.813. The normalized spacial score (nSPS) is 9.95. The van der Waals surface area contributed by atoms with Crippen LogP contribution in [0, 0.1) is 18.3 Å². The Hall–Kier alpha value is -2.67. The Balaban J connectivity index is 2.25. The first-order chi connectivity index (χ1) is 10.1. The fourth-order valence-corrected chi connectivity index (χ4v) is 1.93. The molecule has 0 aliphatic heterocycles. The predicted molar refractivity (Wildman–Crippen MR) is 85.8 cm³/mol. The summed E-state index contributed by atoms with van der Waals surface area (Å²) in [5.74, 6) is 0.677. The van der Waals surface area contributed by atoms with Gasteiger partial charge >= 0.3 is 0 Å². The highest BCUT2D eigenvalue weighted by Crippen LogP contribution is 2.29. The molecule has 3 N–H and O–H groups in total. The van der Waals surface area contributed by atoms with E-state index in [-0.39, 0.29) is 0 Å². The van der Waals surface area contributed by atoms with Crippen molar-refractivity contribution in [2.24, 2.45) is 0 Å². The zero-order chi connectivity index (χ0) is 15.2. The number of aryl methyl sites for hydroxylation is 1. The maximum atomic E-state index is 8.98. The smallest absolute Gasteiger partial charge is 0.144 e. The minimum Gasteiger partial charge on any atom is -0.491 e. The van der Waals surface area contributed by atoms with Crippen LogP contribution in [0.1, 0.15) is 24.5 Å². The molecule has 0 radical (unpaired) electrons. The van der Waals surface area contributed by atoms with E-state index < -0.39 is 0 Å². The van der Waals surface area contributed by atoms with E-state index in [4.69, 9.17) is 15.7 Å². The van der Waals surface area contributed by atoms with Crippen LogP contribution in [-0.4, -0.2) is 6.61 Å². The SMILES string of the molecule is CCCOc1cc(Nc2cc(C#N)ccc2C)ccc1N. The van der Waals surface area contributed by atoms with Crippen molar-refractivity contribution in [2.45, 2.75) is 20.3 Å². The Morgan fingerprint density at radius 1 is 1.24 bits per heavy atom. The summed E-state index contributed by atoms with van der Waals surface area (Å²) in [7, 11) is 0. The minimum absolute atomic E-state index is 0.622. The molecular formula is C17H19N3O. The molecule has 2 aromatic rings. The van der Waals surface area contributed by atoms with E-state index in [0.717, 1.165) is 23.4 Å². The van der Waals surface area contributed by atoms with Gasteiger partial charge in [-0.15, -0.1) is 0 Å². The summed E-state index contributed by atoms with van der Waals surface area (Å²) in [5.41, 5.74) is 10.0. The van der Waals surface area contributed by atoms with Crippen LogP contribution < -0.4 is 15.8 Å². The van der Waals surface area contributed by atoms with Crippen LogP contribution in [0.4, 0.5) is 17.1 Å². The second kappa shape index (κ2) is 6.67. The van der Waals surface area contributed by atoms with Crippen molar-refractivity contribution in [3.63, 3.8) is 0 Å². The lowest BCUT2D eigenvalue weighted by Crippen LogP contribution is -2.00. The van der Waals surface area contributed by atoms with Gasteiger partial charge < -0.3 is 15.8 Å². The number of anilines is 3. The summed E-state index contributed by atoms with van der Waals surface area (Å²) in [6.07, 6.45) is 0.931. The third kappa shape index (κ3) is 3.67. The third-order valence-corrected chi connectivity index (χ3v) is 3.12. The minimum atomic E-state index is 0.622. The van der Waals surface area contributed by atoms with E-state index >= 15 is 0 Å². The standard InChI is InChI=1S/C17H19N3O/c1-3-8-21-17-10-14(6-7-15(17)19)20-16-9-13(11-18)5-4-12(16)2/h4-7,9-10,20H,3,8,19H2,1-2H3. The summed E-state index contributed by atoms with van der Waals surface area (Å²) >= 11 is 0. The fourth-order valence-electron chi connectivity index (χ4n) is 1.93. The molecule has 4 heteroatoms. The molecular weight excluding hydrogens is 262 g/mol. The summed E-state index contributed by atoms with van der Waals surface area (Å²) in [4.78, 5) is 0. The number of nitriles is 1. The van der Waals surface area contributed by atoms with Gasteiger partial charge in [-0.1, -0.05) is 13.0 Å². The van der Waals surface area contributed by atoms with Crippen molar-refractivity contribution in [1.29, 1.82) is 5.26 Å². The van der Waals surface area contributed by atoms with Gasteiger partial charge in [-0.05, 0) is 43.2 Å². The summed E-state index contributed by atoms with van der Waals surface area (Å²) in [6.45, 7) is 4.68. The number of ether oxygens (including phenoxy) is 1. The molecule has 0 heterocycles. The van der Waals surface area contributed by atoms with Gasteiger partial charge in [-0.2, -0.15) is 5.26 Å². The summed E-state index contributed by atoms with van der Waals surface area (Å²) < 4.78 is 5.62. The van der Waals surface area contributed by atoms with Gasteiger partial charge in [0.1, 0.15) is 5.75 Å². The molecule has 0 saturated carbocycles. The number of nitrogens with one attached hydrogen (secondary N) is 1. The molecule has 0 saturated heterocycles. The van der Waals surface area contributed by atoms with E-state index in [2.05, 4.69) is 18.3 Å². The molecule has 108 valence electrons. The number of hydrogen-bond acceptors (Lipinski definition) is 4. The van der Waals surface area contributed by atoms with E-state index in [1.165, 1.54) is 0 Å². The Kier molecular flexibility index (Phi) is 4.68. The molecule has 0 atom stereocenters. The van der Waals surface area contributed by atoms with E-state index in [1.807, 2.05) is 37.3 Å². The van der Waals surface area contributed by atoms with Crippen LogP contribution in [-0.2, 0) is 0 Å². The van der Waals surface area contributed by atoms with Crippen molar-refractivity contribution < 1.29 is 4.74 Å². The Bertz CT molecular complexity index is 674. The molecule has 0 unspecified atom stereocenters. The highest BCUT2D eigenvalue weighted by molar-refractivity contribution is 5.69. The Morgan fingerprint density at radius 2 is 2.05 bits per heavy atom. The molecule has 0 spiro atoms. The van der Waals surface area contributed by atoms with Crippen LogP contribution in [0.15, 0.2) is 36.4 Å². The first kappa shape index (κ1) is 14.7. The summed E-state index contributed by atoms with van der Waals surface area (Å²) in [5, 5.41) is 12.3. The van der Waals surface area contributed by atoms with Crippen molar-refractivity contribution in [1.82, 2.24) is 0 Å². The lowest BCUT2D eigenvalue weighted by molar-refractivity contribution is 0.319. The number of benzene rings is 2. The van der Waals surface area contributed by atoms with Crippen LogP contribution in [0.5, 0.6) is 5.75 Å². The predicted octanol–water partition coefficient (Wildman–Crippen LogP) is 3.98. The second-order valence-electron chi connectivity index (χ2n) is 4.87. The number of nitrogens with zero attached hydrogens (tertiary/aromatic N) is 1. The van der Waals surface area contributed by atoms with Crippen LogP contribution >= 0.6 is 0 Å². The van der Waals surface area contributed by atoms with Gasteiger partial charge in [-0.25, -0.2) is 0 Å². The maximum absolute atomic E-state index is 8.98. The number of nitrogen functional groups attached to an aromatic ring is 1. The monoisotopic (exact) mass is 281 g/mol. The Morgan fingerprint density at radius 3 is 2.76 bits per heavy atom. The molecule has 0 bridgehead atoms. The average molecular weight is 281 g/mol. The topological polar surface area (TPSA) is 71.1 Å². The van der Waals surface area contributed by atoms with Crippen molar-refractivity contribution >= 4 is 17.1 Å². The van der Waals surface area contributed by atoms with Gasteiger partial charge in [0.2, 0.25) is 0 Å². The molecule has 21 heavy (non-hydrogen) atoms. The van der Waals surface area contributed by atoms with Crippen molar-refractivity contribution in [2.75, 3.05) is 17.7 Å². The van der Waals surface area contributed by atoms with Gasteiger partial charge in [-0.3, -0.25) is 0 Å². The molecule has 0 aliphatic carbocycles. The lowest BCUT2D eigenvalue weighted by atomic mass is 10.1. The van der Waals surface area contributed by atoms with Crippen LogP contribution in [0.25, 0.3) is 0 Å². The van der Waals surface area contributed by atoms with Crippen molar-refractivity contribution in [3.8, 4) is 11.8 Å². The highest BCUT2D eigenvalue weighted by Gasteiger charge is 2.05. The molecule has 0 fully saturated rings. The molecule has 0 aliphatic rings. The molecule has 2 rings (SSSR count). The number of nitrogens with two attached hydrogens (primary N) is 1. The average Bonchev–Trinajstić information content (AvgIpc) is 2.50. The highest BCUT2D eigenvalue weighted by atomic mass is 16.5. The van der Waals surface area contributed by atoms with E-state index in [1.54, 1.807) is 6.07 Å². The first-order valence-corrected chi connectivity index (χ1v) is 6.94. The zero-order valence-corrected chi connectivity index (χ0v) is 12.3. The van der Waals surface area contributed by atoms with Gasteiger partial charge in [0, 0.05) is 17.4 Å². The van der Waals surface area contributed by atoms with Crippen LogP contribution in [0.2, 0.25) is 0 Å². The molecule has 0 amide bonds. The third-order valence-electron chi connectivity index (χ3n) is 3.12. The molecule has 0 aromatic heterocycles. The number of hydrogen-bond donors (Lipinski definition) is 2. The lowest BCUT2D eigenvalue weighted by Gasteiger charge is -2.13. The van der Waals surface area contributed by atoms with Gasteiger partial charge in [0.25, 0.3) is 0 Å². The number of rotatable bonds is 5. The van der Waals surface area contributed by atoms with Gasteiger partial charge in [0.15, 0.2) is 0 Å². The van der Waals surface area contributed by atoms with Crippen molar-refractivity contribution in [3.05, 3.63) is 47.5 Å². The van der Waals surface area contributed by atoms with E-state index in [9.17, 15) is 0 Å². The van der Waals surface area contributed by atoms with E-state index in [0.29, 0.717) is 23.6 Å². The summed E-state index contributed by atoms with van der Waals surface area (Å²) in [6, 6.07) is 13.3. The largest absolute Gasteiger partial charge is 0.491 e. The Labute approximate surface area is 125 Å². The van der Waals surface area contributed by atoms with Gasteiger partial charge in [0.05, 0.1) is 23.9 Å². The first-order valence-electron chi connectivity index (χ1n) is 6.94. The molecule has 2 aromatic carbocycles. The zero-order valence-electron chi connectivity index (χ0n) is 12.3. The fraction of sp³-hybridized carbons (Fsp3) is 0.235. The maximum Gasteiger partial charge on any atom is 0.144 e. The second-order valence-corrected chi connectivity index (χ2v) is 4.87. The molecule has 4 nitrogen and oxygen atoms in total.